The first kappa shape index (κ1) is 27.6. The van der Waals surface area contributed by atoms with Crippen LogP contribution in [0.1, 0.15) is 50.7 Å². The molecule has 0 saturated carbocycles. The minimum atomic E-state index is -1.65. The quantitative estimate of drug-likeness (QED) is 0.162. The van der Waals surface area contributed by atoms with Gasteiger partial charge < -0.3 is 0 Å². The molecule has 0 nitrogen and oxygen atoms in total. The predicted molar refractivity (Wildman–Crippen MR) is 145 cm³/mol. The van der Waals surface area contributed by atoms with E-state index in [4.69, 9.17) is 17.0 Å². The first-order valence-electron chi connectivity index (χ1n) is 11.7. The van der Waals surface area contributed by atoms with E-state index in [1.54, 1.807) is 0 Å². The van der Waals surface area contributed by atoms with Crippen molar-refractivity contribution in [3.63, 3.8) is 0 Å². The Morgan fingerprint density at radius 2 is 1.09 bits per heavy atom. The molecule has 0 fully saturated rings. The zero-order valence-corrected chi connectivity index (χ0v) is 24.9. The van der Waals surface area contributed by atoms with Crippen LogP contribution in [0.25, 0.3) is 21.5 Å². The van der Waals surface area contributed by atoms with Gasteiger partial charge in [-0.1, -0.05) is 51.7 Å². The molecule has 0 amide bonds. The first-order valence-corrected chi connectivity index (χ1v) is 24.2. The molecule has 0 atom stereocenters. The van der Waals surface area contributed by atoms with Crippen molar-refractivity contribution >= 4 is 44.0 Å². The summed E-state index contributed by atoms with van der Waals surface area (Å²) < 4.78 is 0. The fourth-order valence-electron chi connectivity index (χ4n) is 3.48. The number of unbranched alkanes of at least 4 members (excludes halogenated alkanes) is 2. The molecule has 0 bridgehead atoms. The van der Waals surface area contributed by atoms with E-state index < -0.39 is 18.0 Å². The van der Waals surface area contributed by atoms with E-state index in [2.05, 4.69) is 99.7 Å². The van der Waals surface area contributed by atoms with Crippen molar-refractivity contribution < 1.29 is 18.0 Å². The van der Waals surface area contributed by atoms with Crippen molar-refractivity contribution in [2.24, 2.45) is 0 Å². The van der Waals surface area contributed by atoms with Gasteiger partial charge in [0.2, 0.25) is 0 Å². The normalized spacial score (nSPS) is 10.3. The van der Waals surface area contributed by atoms with Crippen molar-refractivity contribution in [1.29, 1.82) is 0 Å². The molecule has 0 radical (unpaired) electrons. The molecular formula is C28H36Cl2SiZr-2. The second kappa shape index (κ2) is 15.3. The zero-order valence-electron chi connectivity index (χ0n) is 19.9. The fraction of sp³-hybridized carbons (Fsp3) is 0.357. The monoisotopic (exact) mass is 560 g/mol. The molecule has 32 heavy (non-hydrogen) atoms. The Labute approximate surface area is 210 Å². The van der Waals surface area contributed by atoms with Crippen LogP contribution < -0.4 is 0 Å². The molecule has 4 rings (SSSR count). The third-order valence-corrected chi connectivity index (χ3v) is 25.1. The maximum atomic E-state index is 5.62. The molecule has 0 aliphatic rings. The summed E-state index contributed by atoms with van der Waals surface area (Å²) in [7, 11) is 11.2. The van der Waals surface area contributed by atoms with Gasteiger partial charge in [-0.3, -0.25) is 0 Å². The van der Waals surface area contributed by atoms with Crippen LogP contribution in [0.5, 0.6) is 0 Å². The Morgan fingerprint density at radius 3 is 1.41 bits per heavy atom. The molecule has 0 unspecified atom stereocenters. The van der Waals surface area contributed by atoms with Crippen LogP contribution in [0, 0.1) is 0 Å². The Kier molecular flexibility index (Phi) is 13.2. The van der Waals surface area contributed by atoms with Crippen molar-refractivity contribution in [1.82, 2.24) is 0 Å². The van der Waals surface area contributed by atoms with Gasteiger partial charge in [0.25, 0.3) is 0 Å². The number of benzene rings is 2. The zero-order chi connectivity index (χ0) is 23.3. The Balaban J connectivity index is 0.000000183. The molecule has 4 aromatic rings. The second-order valence-electron chi connectivity index (χ2n) is 8.45. The van der Waals surface area contributed by atoms with E-state index in [-0.39, 0.29) is 5.43 Å². The summed E-state index contributed by atoms with van der Waals surface area (Å²) in [6.07, 6.45) is 7.62. The van der Waals surface area contributed by atoms with E-state index in [0.717, 1.165) is 0 Å². The molecule has 4 heteroatoms. The van der Waals surface area contributed by atoms with Gasteiger partial charge in [-0.05, 0) is 12.8 Å². The number of hydrogen-bond acceptors (Lipinski definition) is 0. The first-order chi connectivity index (χ1) is 15.4. The number of halogens is 2. The van der Waals surface area contributed by atoms with Crippen LogP contribution in [-0.2, 0) is 30.8 Å². The van der Waals surface area contributed by atoms with Crippen molar-refractivity contribution in [2.75, 3.05) is 0 Å². The average molecular weight is 563 g/mol. The van der Waals surface area contributed by atoms with Crippen molar-refractivity contribution in [3.8, 4) is 0 Å². The van der Waals surface area contributed by atoms with Crippen LogP contribution in [0.15, 0.2) is 72.8 Å². The number of aryl methyl sites for hydroxylation is 2. The van der Waals surface area contributed by atoms with Gasteiger partial charge in [-0.2, -0.15) is 12.1 Å². The molecular weight excluding hydrogens is 527 g/mol. The Morgan fingerprint density at radius 1 is 0.719 bits per heavy atom. The number of fused-ring (bicyclic) bond motifs is 2. The Hall–Kier alpha value is -0.660. The summed E-state index contributed by atoms with van der Waals surface area (Å²) in [5, 5.41) is 5.53. The van der Waals surface area contributed by atoms with Gasteiger partial charge in [-0.15, -0.1) is 81.2 Å². The molecule has 0 N–H and O–H groups in total. The molecule has 0 saturated heterocycles. The topological polar surface area (TPSA) is 0 Å². The third-order valence-electron chi connectivity index (χ3n) is 5.37. The van der Waals surface area contributed by atoms with Gasteiger partial charge in [-0.25, -0.2) is 0 Å². The molecule has 0 heterocycles. The van der Waals surface area contributed by atoms with E-state index in [1.807, 2.05) is 0 Å². The predicted octanol–water partition coefficient (Wildman–Crippen LogP) is 9.97. The summed E-state index contributed by atoms with van der Waals surface area (Å²) in [6.45, 7) is 8.81. The number of hydrogen-bond donors (Lipinski definition) is 0. The number of rotatable bonds is 6. The summed E-state index contributed by atoms with van der Waals surface area (Å²) in [4.78, 5) is 0. The summed E-state index contributed by atoms with van der Waals surface area (Å²) >= 11 is -1.65. The SMILES string of the molecule is CCCCc1cc2ccccc2[cH-]1.CCCCc1cc2ccccc2[cH-]1.C[Si](C)=[Zr]([Cl])[Cl]. The summed E-state index contributed by atoms with van der Waals surface area (Å²) in [5.74, 6) is 0. The molecule has 172 valence electrons. The van der Waals surface area contributed by atoms with Gasteiger partial charge in [0.15, 0.2) is 0 Å². The van der Waals surface area contributed by atoms with Crippen LogP contribution in [0.3, 0.4) is 0 Å². The molecule has 0 aliphatic carbocycles. The molecule has 0 spiro atoms. The minimum absolute atomic E-state index is 0.224. The van der Waals surface area contributed by atoms with Gasteiger partial charge in [0, 0.05) is 0 Å². The van der Waals surface area contributed by atoms with Crippen LogP contribution in [-0.4, -0.2) is 5.43 Å². The fourth-order valence-corrected chi connectivity index (χ4v) is 3.48. The van der Waals surface area contributed by atoms with Crippen LogP contribution >= 0.6 is 17.0 Å². The van der Waals surface area contributed by atoms with E-state index >= 15 is 0 Å². The summed E-state index contributed by atoms with van der Waals surface area (Å²) in [6, 6.07) is 26.4. The van der Waals surface area contributed by atoms with Gasteiger partial charge in [0.1, 0.15) is 0 Å². The average Bonchev–Trinajstić information content (AvgIpc) is 3.40. The van der Waals surface area contributed by atoms with Crippen molar-refractivity contribution in [3.05, 3.63) is 83.9 Å². The molecule has 0 aliphatic heterocycles. The van der Waals surface area contributed by atoms with Crippen molar-refractivity contribution in [2.45, 2.75) is 65.5 Å². The van der Waals surface area contributed by atoms with E-state index in [9.17, 15) is 0 Å². The molecule has 4 aromatic carbocycles. The van der Waals surface area contributed by atoms with E-state index in [0.29, 0.717) is 0 Å². The second-order valence-corrected chi connectivity index (χ2v) is 31.4. The molecule has 0 aromatic heterocycles. The van der Waals surface area contributed by atoms with Crippen LogP contribution in [0.2, 0.25) is 13.1 Å². The Bertz CT molecular complexity index is 945. The maximum absolute atomic E-state index is 5.62. The standard InChI is InChI=1S/2C13H15.C2H6Si.2ClH.Zr/c2*1-2-3-6-11-9-12-7-4-5-8-13(12)10-11;1-3-2;;;/h2*4-5,7-10H,2-3,6H2,1H3;1-2H3;2*1H;/q2*-1;;;;+2/p-2. The van der Waals surface area contributed by atoms with Crippen LogP contribution in [0.4, 0.5) is 0 Å². The van der Waals surface area contributed by atoms with Gasteiger partial charge in [0.05, 0.1) is 0 Å². The third kappa shape index (κ3) is 9.68. The summed E-state index contributed by atoms with van der Waals surface area (Å²) in [5.41, 5.74) is 2.75. The van der Waals surface area contributed by atoms with Gasteiger partial charge >= 0.3 is 53.5 Å². The van der Waals surface area contributed by atoms with E-state index in [1.165, 1.54) is 71.2 Å².